The van der Waals surface area contributed by atoms with E-state index in [4.69, 9.17) is 4.74 Å². The third kappa shape index (κ3) is 3.74. The van der Waals surface area contributed by atoms with Crippen molar-refractivity contribution in [2.24, 2.45) is 5.92 Å². The Labute approximate surface area is 111 Å². The largest absolute Gasteiger partial charge is 0.491 e. The van der Waals surface area contributed by atoms with Gasteiger partial charge in [0.15, 0.2) is 0 Å². The van der Waals surface area contributed by atoms with Gasteiger partial charge in [0.1, 0.15) is 5.75 Å². The Hall–Kier alpha value is -1.02. The summed E-state index contributed by atoms with van der Waals surface area (Å²) in [5.74, 6) is 1.87. The Morgan fingerprint density at radius 1 is 1.28 bits per heavy atom. The molecule has 2 unspecified atom stereocenters. The van der Waals surface area contributed by atoms with Gasteiger partial charge in [-0.05, 0) is 57.2 Å². The van der Waals surface area contributed by atoms with Crippen LogP contribution in [0, 0.1) is 5.92 Å². The minimum atomic E-state index is 0.241. The molecule has 1 aliphatic rings. The summed E-state index contributed by atoms with van der Waals surface area (Å²) in [6.07, 6.45) is 3.93. The first-order valence-corrected chi connectivity index (χ1v) is 7.13. The van der Waals surface area contributed by atoms with Crippen LogP contribution >= 0.6 is 0 Å². The van der Waals surface area contributed by atoms with Crippen molar-refractivity contribution < 1.29 is 4.74 Å². The Morgan fingerprint density at radius 2 is 2.06 bits per heavy atom. The summed E-state index contributed by atoms with van der Waals surface area (Å²) in [6.45, 7) is 7.63. The molecule has 0 aliphatic carbocycles. The van der Waals surface area contributed by atoms with Crippen LogP contribution in [-0.4, -0.2) is 18.7 Å². The normalized spacial score (nSPS) is 24.2. The summed E-state index contributed by atoms with van der Waals surface area (Å²) in [7, 11) is 0. The molecule has 2 rings (SSSR count). The molecule has 1 aromatic rings. The highest BCUT2D eigenvalue weighted by molar-refractivity contribution is 5.34. The zero-order valence-electron chi connectivity index (χ0n) is 11.8. The van der Waals surface area contributed by atoms with Crippen LogP contribution in [0.4, 0.5) is 0 Å². The molecule has 1 aliphatic heterocycles. The summed E-state index contributed by atoms with van der Waals surface area (Å²) < 4.78 is 5.88. The number of hydrogen-bond acceptors (Lipinski definition) is 2. The van der Waals surface area contributed by atoms with Gasteiger partial charge in [-0.25, -0.2) is 0 Å². The van der Waals surface area contributed by atoms with Crippen molar-refractivity contribution in [2.75, 3.05) is 6.54 Å². The molecular weight excluding hydrogens is 222 g/mol. The van der Waals surface area contributed by atoms with E-state index in [2.05, 4.69) is 50.4 Å². The number of benzene rings is 1. The third-order valence-electron chi connectivity index (χ3n) is 3.56. The molecule has 0 amide bonds. The van der Waals surface area contributed by atoms with Crippen molar-refractivity contribution in [1.29, 1.82) is 0 Å². The van der Waals surface area contributed by atoms with Crippen molar-refractivity contribution in [1.82, 2.24) is 5.32 Å². The second-order valence-electron chi connectivity index (χ2n) is 5.77. The van der Waals surface area contributed by atoms with Gasteiger partial charge < -0.3 is 10.1 Å². The molecule has 0 saturated carbocycles. The standard InChI is InChI=1S/C16H25NO/c1-12(2)18-16-7-5-4-6-14(16)10-15-9-8-13(3)11-17-15/h4-7,12-13,15,17H,8-11H2,1-3H3. The van der Waals surface area contributed by atoms with Gasteiger partial charge in [0.25, 0.3) is 0 Å². The molecule has 0 bridgehead atoms. The number of hydrogen-bond donors (Lipinski definition) is 1. The Kier molecular flexibility index (Phi) is 4.65. The molecule has 1 aromatic carbocycles. The fraction of sp³-hybridized carbons (Fsp3) is 0.625. The molecule has 1 N–H and O–H groups in total. The van der Waals surface area contributed by atoms with Crippen LogP contribution in [0.25, 0.3) is 0 Å². The molecule has 2 nitrogen and oxygen atoms in total. The number of piperidine rings is 1. The molecule has 1 fully saturated rings. The molecule has 100 valence electrons. The maximum atomic E-state index is 5.88. The predicted molar refractivity (Wildman–Crippen MR) is 76.1 cm³/mol. The molecule has 1 heterocycles. The van der Waals surface area contributed by atoms with E-state index in [-0.39, 0.29) is 6.10 Å². The molecule has 0 spiro atoms. The zero-order valence-corrected chi connectivity index (χ0v) is 11.8. The first-order chi connectivity index (χ1) is 8.65. The summed E-state index contributed by atoms with van der Waals surface area (Å²) in [6, 6.07) is 9.04. The van der Waals surface area contributed by atoms with E-state index in [1.54, 1.807) is 0 Å². The van der Waals surface area contributed by atoms with E-state index in [9.17, 15) is 0 Å². The minimum absolute atomic E-state index is 0.241. The van der Waals surface area contributed by atoms with E-state index in [1.807, 2.05) is 0 Å². The molecule has 18 heavy (non-hydrogen) atoms. The van der Waals surface area contributed by atoms with Gasteiger partial charge in [0.2, 0.25) is 0 Å². The minimum Gasteiger partial charge on any atom is -0.491 e. The van der Waals surface area contributed by atoms with E-state index in [1.165, 1.54) is 18.4 Å². The Bertz CT molecular complexity index is 367. The number of rotatable bonds is 4. The lowest BCUT2D eigenvalue weighted by molar-refractivity contribution is 0.238. The average Bonchev–Trinajstić information content (AvgIpc) is 2.34. The smallest absolute Gasteiger partial charge is 0.122 e. The third-order valence-corrected chi connectivity index (χ3v) is 3.56. The van der Waals surface area contributed by atoms with Gasteiger partial charge in [-0.3, -0.25) is 0 Å². The van der Waals surface area contributed by atoms with Crippen molar-refractivity contribution >= 4 is 0 Å². The molecule has 2 heteroatoms. The first-order valence-electron chi connectivity index (χ1n) is 7.13. The quantitative estimate of drug-likeness (QED) is 0.880. The number of ether oxygens (including phenoxy) is 1. The van der Waals surface area contributed by atoms with Crippen molar-refractivity contribution in [3.05, 3.63) is 29.8 Å². The van der Waals surface area contributed by atoms with E-state index in [0.29, 0.717) is 6.04 Å². The number of nitrogens with one attached hydrogen (secondary N) is 1. The van der Waals surface area contributed by atoms with Crippen molar-refractivity contribution in [3.8, 4) is 5.75 Å². The number of para-hydroxylation sites is 1. The van der Waals surface area contributed by atoms with Gasteiger partial charge in [-0.15, -0.1) is 0 Å². The van der Waals surface area contributed by atoms with E-state index in [0.717, 1.165) is 24.6 Å². The molecular formula is C16H25NO. The summed E-state index contributed by atoms with van der Waals surface area (Å²) in [5.41, 5.74) is 1.33. The second-order valence-corrected chi connectivity index (χ2v) is 5.77. The lowest BCUT2D eigenvalue weighted by atomic mass is 9.92. The van der Waals surface area contributed by atoms with Crippen LogP contribution in [0.1, 0.15) is 39.2 Å². The first kappa shape index (κ1) is 13.4. The van der Waals surface area contributed by atoms with Crippen molar-refractivity contribution in [3.63, 3.8) is 0 Å². The summed E-state index contributed by atoms with van der Waals surface area (Å²) in [4.78, 5) is 0. The van der Waals surface area contributed by atoms with Crippen LogP contribution in [0.5, 0.6) is 5.75 Å². The molecule has 0 radical (unpaired) electrons. The van der Waals surface area contributed by atoms with Crippen LogP contribution < -0.4 is 10.1 Å². The average molecular weight is 247 g/mol. The van der Waals surface area contributed by atoms with Crippen LogP contribution in [-0.2, 0) is 6.42 Å². The van der Waals surface area contributed by atoms with Gasteiger partial charge >= 0.3 is 0 Å². The maximum Gasteiger partial charge on any atom is 0.122 e. The topological polar surface area (TPSA) is 21.3 Å². The highest BCUT2D eigenvalue weighted by Crippen LogP contribution is 2.24. The van der Waals surface area contributed by atoms with Crippen LogP contribution in [0.3, 0.4) is 0 Å². The lowest BCUT2D eigenvalue weighted by Crippen LogP contribution is -2.39. The van der Waals surface area contributed by atoms with Gasteiger partial charge in [0.05, 0.1) is 6.10 Å². The fourth-order valence-electron chi connectivity index (χ4n) is 2.54. The van der Waals surface area contributed by atoms with E-state index >= 15 is 0 Å². The fourth-order valence-corrected chi connectivity index (χ4v) is 2.54. The summed E-state index contributed by atoms with van der Waals surface area (Å²) >= 11 is 0. The highest BCUT2D eigenvalue weighted by atomic mass is 16.5. The molecule has 1 saturated heterocycles. The molecule has 0 aromatic heterocycles. The van der Waals surface area contributed by atoms with Gasteiger partial charge in [-0.2, -0.15) is 0 Å². The summed E-state index contributed by atoms with van der Waals surface area (Å²) in [5, 5.41) is 3.64. The molecule has 2 atom stereocenters. The lowest BCUT2D eigenvalue weighted by Gasteiger charge is -2.28. The van der Waals surface area contributed by atoms with Crippen LogP contribution in [0.15, 0.2) is 24.3 Å². The Morgan fingerprint density at radius 3 is 2.72 bits per heavy atom. The van der Waals surface area contributed by atoms with E-state index < -0.39 is 0 Å². The second kappa shape index (κ2) is 6.24. The van der Waals surface area contributed by atoms with Gasteiger partial charge in [-0.1, -0.05) is 25.1 Å². The Balaban J connectivity index is 2.00. The maximum absolute atomic E-state index is 5.88. The van der Waals surface area contributed by atoms with Crippen LogP contribution in [0.2, 0.25) is 0 Å². The SMILES string of the molecule is CC1CCC(Cc2ccccc2OC(C)C)NC1. The van der Waals surface area contributed by atoms with Crippen molar-refractivity contribution in [2.45, 2.75) is 52.2 Å². The monoisotopic (exact) mass is 247 g/mol. The van der Waals surface area contributed by atoms with Gasteiger partial charge in [0, 0.05) is 6.04 Å². The predicted octanol–water partition coefficient (Wildman–Crippen LogP) is 3.40. The zero-order chi connectivity index (χ0) is 13.0. The highest BCUT2D eigenvalue weighted by Gasteiger charge is 2.19.